The monoisotopic (exact) mass is 487 g/mol. The first-order valence-corrected chi connectivity index (χ1v) is 12.1. The average Bonchev–Trinajstić information content (AvgIpc) is 3.31. The summed E-state index contributed by atoms with van der Waals surface area (Å²) in [5.41, 5.74) is 1.50. The average molecular weight is 488 g/mol. The van der Waals surface area contributed by atoms with E-state index in [-0.39, 0.29) is 21.4 Å². The van der Waals surface area contributed by atoms with Crippen LogP contribution in [0.4, 0.5) is 17.1 Å². The molecule has 0 fully saturated rings. The number of rotatable bonds is 8. The van der Waals surface area contributed by atoms with E-state index >= 15 is 0 Å². The molecule has 0 aliphatic rings. The van der Waals surface area contributed by atoms with Crippen LogP contribution in [0.25, 0.3) is 0 Å². The Bertz CT molecular complexity index is 1240. The van der Waals surface area contributed by atoms with Gasteiger partial charge in [0.2, 0.25) is 5.91 Å². The number of hydrogen-bond acceptors (Lipinski definition) is 7. The molecule has 0 bridgehead atoms. The van der Waals surface area contributed by atoms with Gasteiger partial charge in [0.1, 0.15) is 4.21 Å². The molecule has 11 heteroatoms. The van der Waals surface area contributed by atoms with E-state index in [1.54, 1.807) is 35.7 Å². The zero-order valence-electron chi connectivity index (χ0n) is 17.7. The molecule has 1 aromatic heterocycles. The molecular weight excluding hydrogens is 466 g/mol. The van der Waals surface area contributed by atoms with Crippen LogP contribution in [0.5, 0.6) is 0 Å². The van der Waals surface area contributed by atoms with E-state index in [9.17, 15) is 22.8 Å². The van der Waals surface area contributed by atoms with Crippen LogP contribution in [0.15, 0.2) is 70.3 Å². The number of sulfonamides is 1. The van der Waals surface area contributed by atoms with Crippen molar-refractivity contribution in [3.63, 3.8) is 0 Å². The highest BCUT2D eigenvalue weighted by Crippen LogP contribution is 2.21. The summed E-state index contributed by atoms with van der Waals surface area (Å²) in [6.07, 6.45) is -1.08. The van der Waals surface area contributed by atoms with Gasteiger partial charge in [-0.1, -0.05) is 6.07 Å². The predicted octanol–water partition coefficient (Wildman–Crippen LogP) is 3.69. The second-order valence-electron chi connectivity index (χ2n) is 6.91. The fourth-order valence-electron chi connectivity index (χ4n) is 2.66. The molecule has 2 aromatic carbocycles. The first-order chi connectivity index (χ1) is 15.6. The summed E-state index contributed by atoms with van der Waals surface area (Å²) in [6, 6.07) is 15.3. The van der Waals surface area contributed by atoms with Crippen molar-refractivity contribution >= 4 is 56.2 Å². The zero-order chi connectivity index (χ0) is 24.0. The maximum absolute atomic E-state index is 12.4. The Morgan fingerprint density at radius 3 is 2.00 bits per heavy atom. The molecule has 0 radical (unpaired) electrons. The minimum atomic E-state index is -3.69. The maximum Gasteiger partial charge on any atom is 0.338 e. The van der Waals surface area contributed by atoms with Crippen LogP contribution in [0.1, 0.15) is 24.2 Å². The van der Waals surface area contributed by atoms with Crippen LogP contribution in [-0.2, 0) is 24.3 Å². The molecule has 0 aliphatic carbocycles. The second-order valence-corrected chi connectivity index (χ2v) is 9.77. The van der Waals surface area contributed by atoms with Crippen molar-refractivity contribution in [2.45, 2.75) is 24.2 Å². The number of ether oxygens (including phenoxy) is 1. The van der Waals surface area contributed by atoms with Crippen molar-refractivity contribution in [1.29, 1.82) is 0 Å². The molecule has 1 unspecified atom stereocenters. The number of hydrogen-bond donors (Lipinski definition) is 3. The molecule has 3 N–H and O–H groups in total. The number of carbonyl (C=O) groups excluding carboxylic acids is 3. The number of esters is 1. The normalized spacial score (nSPS) is 11.8. The summed E-state index contributed by atoms with van der Waals surface area (Å²) in [7, 11) is -3.69. The quantitative estimate of drug-likeness (QED) is 0.416. The molecule has 172 valence electrons. The highest BCUT2D eigenvalue weighted by molar-refractivity contribution is 7.94. The van der Waals surface area contributed by atoms with Gasteiger partial charge in [-0.05, 0) is 66.9 Å². The van der Waals surface area contributed by atoms with Gasteiger partial charge < -0.3 is 15.4 Å². The summed E-state index contributed by atoms with van der Waals surface area (Å²) in [5, 5.41) is 6.90. The molecule has 1 atom stereocenters. The number of anilines is 3. The van der Waals surface area contributed by atoms with Crippen LogP contribution < -0.4 is 15.4 Å². The van der Waals surface area contributed by atoms with Crippen molar-refractivity contribution in [3.05, 3.63) is 71.6 Å². The highest BCUT2D eigenvalue weighted by Gasteiger charge is 2.20. The molecule has 0 saturated heterocycles. The maximum atomic E-state index is 12.4. The van der Waals surface area contributed by atoms with Gasteiger partial charge in [-0.3, -0.25) is 14.3 Å². The van der Waals surface area contributed by atoms with Gasteiger partial charge in [0, 0.05) is 24.0 Å². The van der Waals surface area contributed by atoms with Gasteiger partial charge in [0.15, 0.2) is 6.10 Å². The summed E-state index contributed by atoms with van der Waals surface area (Å²) in [4.78, 5) is 35.7. The molecule has 0 aliphatic heterocycles. The van der Waals surface area contributed by atoms with Crippen LogP contribution in [0, 0.1) is 0 Å². The molecule has 3 aromatic rings. The van der Waals surface area contributed by atoms with E-state index in [0.29, 0.717) is 11.4 Å². The minimum absolute atomic E-state index is 0.161. The summed E-state index contributed by atoms with van der Waals surface area (Å²) in [6.45, 7) is 2.82. The lowest BCUT2D eigenvalue weighted by atomic mass is 10.2. The van der Waals surface area contributed by atoms with Crippen molar-refractivity contribution in [3.8, 4) is 0 Å². The number of thiophene rings is 1. The lowest BCUT2D eigenvalue weighted by Gasteiger charge is -2.14. The van der Waals surface area contributed by atoms with Gasteiger partial charge in [0.05, 0.1) is 5.56 Å². The first-order valence-electron chi connectivity index (χ1n) is 9.70. The third-order valence-corrected chi connectivity index (χ3v) is 7.04. The SMILES string of the molecule is CC(=O)Nc1ccc(NC(=O)C(C)OC(=O)c2ccc(NS(=O)(=O)c3cccs3)cc2)cc1. The Balaban J connectivity index is 1.55. The standard InChI is InChI=1S/C22H21N3O6S2/c1-14(21(27)24-18-11-9-17(10-12-18)23-15(2)26)31-22(28)16-5-7-19(8-6-16)25-33(29,30)20-4-3-13-32-20/h3-14,25H,1-2H3,(H,23,26)(H,24,27). The van der Waals surface area contributed by atoms with Crippen molar-refractivity contribution in [2.24, 2.45) is 0 Å². The molecule has 1 heterocycles. The van der Waals surface area contributed by atoms with E-state index in [2.05, 4.69) is 15.4 Å². The molecule has 9 nitrogen and oxygen atoms in total. The van der Waals surface area contributed by atoms with Crippen LogP contribution in [0.3, 0.4) is 0 Å². The third-order valence-electron chi connectivity index (χ3n) is 4.26. The van der Waals surface area contributed by atoms with Gasteiger partial charge in [-0.2, -0.15) is 0 Å². The van der Waals surface area contributed by atoms with Gasteiger partial charge in [-0.15, -0.1) is 11.3 Å². The van der Waals surface area contributed by atoms with Gasteiger partial charge in [0.25, 0.3) is 15.9 Å². The van der Waals surface area contributed by atoms with Gasteiger partial charge >= 0.3 is 5.97 Å². The van der Waals surface area contributed by atoms with E-state index in [1.807, 2.05) is 0 Å². The highest BCUT2D eigenvalue weighted by atomic mass is 32.2. The third kappa shape index (κ3) is 6.64. The predicted molar refractivity (Wildman–Crippen MR) is 126 cm³/mol. The zero-order valence-corrected chi connectivity index (χ0v) is 19.3. The van der Waals surface area contributed by atoms with Crippen molar-refractivity contribution < 1.29 is 27.5 Å². The smallest absolute Gasteiger partial charge is 0.338 e. The summed E-state index contributed by atoms with van der Waals surface area (Å²) in [5.74, 6) is -1.47. The van der Waals surface area contributed by atoms with E-state index in [0.717, 1.165) is 11.3 Å². The Kier molecular flexibility index (Phi) is 7.46. The fourth-order valence-corrected chi connectivity index (χ4v) is 4.71. The summed E-state index contributed by atoms with van der Waals surface area (Å²) >= 11 is 1.09. The van der Waals surface area contributed by atoms with Crippen molar-refractivity contribution in [1.82, 2.24) is 0 Å². The number of carbonyl (C=O) groups is 3. The van der Waals surface area contributed by atoms with E-state index < -0.39 is 28.0 Å². The number of nitrogens with one attached hydrogen (secondary N) is 3. The van der Waals surface area contributed by atoms with Crippen LogP contribution >= 0.6 is 11.3 Å². The molecule has 33 heavy (non-hydrogen) atoms. The topological polar surface area (TPSA) is 131 Å². The van der Waals surface area contributed by atoms with E-state index in [1.165, 1.54) is 44.2 Å². The van der Waals surface area contributed by atoms with E-state index in [4.69, 9.17) is 4.74 Å². The molecule has 0 saturated carbocycles. The van der Waals surface area contributed by atoms with Crippen molar-refractivity contribution in [2.75, 3.05) is 15.4 Å². The Morgan fingerprint density at radius 2 is 1.45 bits per heavy atom. The molecule has 3 rings (SSSR count). The summed E-state index contributed by atoms with van der Waals surface area (Å²) < 4.78 is 32.3. The Hall–Kier alpha value is -3.70. The minimum Gasteiger partial charge on any atom is -0.449 e. The fraction of sp³-hybridized carbons (Fsp3) is 0.136. The molecular formula is C22H21N3O6S2. The van der Waals surface area contributed by atoms with Gasteiger partial charge in [-0.25, -0.2) is 13.2 Å². The molecule has 0 spiro atoms. The second kappa shape index (κ2) is 10.3. The van der Waals surface area contributed by atoms with Crippen LogP contribution in [0.2, 0.25) is 0 Å². The molecule has 2 amide bonds. The lowest BCUT2D eigenvalue weighted by molar-refractivity contribution is -0.123. The Labute approximate surface area is 194 Å². The van der Waals surface area contributed by atoms with Crippen LogP contribution in [-0.4, -0.2) is 32.3 Å². The first kappa shape index (κ1) is 24.0. The largest absolute Gasteiger partial charge is 0.449 e. The number of amides is 2. The number of benzene rings is 2. The lowest BCUT2D eigenvalue weighted by Crippen LogP contribution is -2.30. The Morgan fingerprint density at radius 1 is 0.879 bits per heavy atom.